The summed E-state index contributed by atoms with van der Waals surface area (Å²) in [5, 5.41) is 6.65. The first-order valence-corrected chi connectivity index (χ1v) is 11.6. The molecule has 1 atom stereocenters. The SMILES string of the molecule is O=C(NC1CCCC1)N[C@](Cc1ccccc1)(c1cccc(OC(F)F)c1)c1ccc(Cl)cn1. The van der Waals surface area contributed by atoms with E-state index in [2.05, 4.69) is 20.4 Å². The van der Waals surface area contributed by atoms with Crippen LogP contribution in [0, 0.1) is 0 Å². The highest BCUT2D eigenvalue weighted by atomic mass is 35.5. The van der Waals surface area contributed by atoms with Gasteiger partial charge >= 0.3 is 12.6 Å². The molecular weight excluding hydrogens is 460 g/mol. The number of urea groups is 1. The van der Waals surface area contributed by atoms with Crippen molar-refractivity contribution in [2.45, 2.75) is 50.3 Å². The molecule has 1 aromatic heterocycles. The zero-order valence-corrected chi connectivity index (χ0v) is 19.3. The number of rotatable bonds is 8. The van der Waals surface area contributed by atoms with E-state index in [0.29, 0.717) is 22.7 Å². The van der Waals surface area contributed by atoms with Crippen LogP contribution in [0.3, 0.4) is 0 Å². The van der Waals surface area contributed by atoms with Crippen molar-refractivity contribution in [2.75, 3.05) is 0 Å². The van der Waals surface area contributed by atoms with E-state index in [1.807, 2.05) is 30.3 Å². The number of nitrogens with one attached hydrogen (secondary N) is 2. The van der Waals surface area contributed by atoms with Gasteiger partial charge in [0.25, 0.3) is 0 Å². The lowest BCUT2D eigenvalue weighted by Crippen LogP contribution is -2.54. The van der Waals surface area contributed by atoms with Crippen molar-refractivity contribution in [3.63, 3.8) is 0 Å². The minimum absolute atomic E-state index is 0.00287. The highest BCUT2D eigenvalue weighted by Gasteiger charge is 2.39. The molecule has 1 fully saturated rings. The first kappa shape index (κ1) is 24.0. The molecule has 0 radical (unpaired) electrons. The van der Waals surface area contributed by atoms with Gasteiger partial charge in [-0.25, -0.2) is 4.79 Å². The second-order valence-electron chi connectivity index (χ2n) is 8.42. The summed E-state index contributed by atoms with van der Waals surface area (Å²) in [6.07, 6.45) is 5.84. The van der Waals surface area contributed by atoms with Gasteiger partial charge in [-0.3, -0.25) is 4.98 Å². The molecular formula is C26H26ClF2N3O2. The van der Waals surface area contributed by atoms with Crippen LogP contribution in [0.15, 0.2) is 72.9 Å². The van der Waals surface area contributed by atoms with Crippen molar-refractivity contribution in [1.29, 1.82) is 0 Å². The van der Waals surface area contributed by atoms with Gasteiger partial charge in [-0.05, 0) is 48.2 Å². The smallest absolute Gasteiger partial charge is 0.387 e. The Hall–Kier alpha value is -3.19. The van der Waals surface area contributed by atoms with Gasteiger partial charge in [-0.15, -0.1) is 0 Å². The zero-order valence-electron chi connectivity index (χ0n) is 18.5. The summed E-state index contributed by atoms with van der Waals surface area (Å²) in [6.45, 7) is -2.97. The molecule has 8 heteroatoms. The molecule has 1 aliphatic carbocycles. The number of carbonyl (C=O) groups is 1. The van der Waals surface area contributed by atoms with Gasteiger partial charge in [-0.2, -0.15) is 8.78 Å². The molecule has 5 nitrogen and oxygen atoms in total. The topological polar surface area (TPSA) is 63.2 Å². The molecule has 1 saturated carbocycles. The molecule has 3 aromatic rings. The summed E-state index contributed by atoms with van der Waals surface area (Å²) < 4.78 is 30.6. The van der Waals surface area contributed by atoms with E-state index in [1.54, 1.807) is 24.3 Å². The molecule has 34 heavy (non-hydrogen) atoms. The lowest BCUT2D eigenvalue weighted by Gasteiger charge is -2.36. The first-order chi connectivity index (χ1) is 16.4. The molecule has 1 aliphatic rings. The second kappa shape index (κ2) is 10.8. The van der Waals surface area contributed by atoms with Crippen LogP contribution in [-0.4, -0.2) is 23.7 Å². The predicted molar refractivity (Wildman–Crippen MR) is 127 cm³/mol. The van der Waals surface area contributed by atoms with Gasteiger partial charge in [0.15, 0.2) is 0 Å². The largest absolute Gasteiger partial charge is 0.435 e. The number of ether oxygens (including phenoxy) is 1. The monoisotopic (exact) mass is 485 g/mol. The molecule has 2 amide bonds. The van der Waals surface area contributed by atoms with Crippen molar-refractivity contribution in [2.24, 2.45) is 0 Å². The summed E-state index contributed by atoms with van der Waals surface area (Å²) >= 11 is 6.10. The normalized spacial score (nSPS) is 15.6. The minimum Gasteiger partial charge on any atom is -0.435 e. The molecule has 0 saturated heterocycles. The van der Waals surface area contributed by atoms with Crippen LogP contribution in [0.5, 0.6) is 5.75 Å². The highest BCUT2D eigenvalue weighted by molar-refractivity contribution is 6.30. The third-order valence-corrected chi connectivity index (χ3v) is 6.27. The molecule has 4 rings (SSSR count). The summed E-state index contributed by atoms with van der Waals surface area (Å²) in [5.74, 6) is -0.00287. The van der Waals surface area contributed by atoms with Crippen molar-refractivity contribution >= 4 is 17.6 Å². The Morgan fingerprint density at radius 1 is 1.09 bits per heavy atom. The van der Waals surface area contributed by atoms with Gasteiger partial charge < -0.3 is 15.4 Å². The molecule has 0 aliphatic heterocycles. The number of pyridine rings is 1. The van der Waals surface area contributed by atoms with Gasteiger partial charge in [-0.1, -0.05) is 66.9 Å². The Bertz CT molecular complexity index is 1090. The third-order valence-electron chi connectivity index (χ3n) is 6.05. The fourth-order valence-corrected chi connectivity index (χ4v) is 4.59. The van der Waals surface area contributed by atoms with E-state index in [1.165, 1.54) is 18.3 Å². The Balaban J connectivity index is 1.81. The molecule has 0 spiro atoms. The fraction of sp³-hybridized carbons (Fsp3) is 0.308. The summed E-state index contributed by atoms with van der Waals surface area (Å²) in [5.41, 5.74) is 0.846. The van der Waals surface area contributed by atoms with Gasteiger partial charge in [0.2, 0.25) is 0 Å². The van der Waals surface area contributed by atoms with E-state index in [9.17, 15) is 13.6 Å². The van der Waals surface area contributed by atoms with Gasteiger partial charge in [0, 0.05) is 18.7 Å². The maximum Gasteiger partial charge on any atom is 0.387 e. The minimum atomic E-state index is -2.97. The lowest BCUT2D eigenvalue weighted by atomic mass is 9.80. The fourth-order valence-electron chi connectivity index (χ4n) is 4.47. The number of halogens is 3. The molecule has 178 valence electrons. The first-order valence-electron chi connectivity index (χ1n) is 11.2. The van der Waals surface area contributed by atoms with Crippen molar-refractivity contribution in [3.05, 3.63) is 94.8 Å². The Labute approximate surface area is 202 Å². The molecule has 0 bridgehead atoms. The Kier molecular flexibility index (Phi) is 7.63. The van der Waals surface area contributed by atoms with Crippen LogP contribution in [-0.2, 0) is 12.0 Å². The van der Waals surface area contributed by atoms with Crippen molar-refractivity contribution in [1.82, 2.24) is 15.6 Å². The standard InChI is InChI=1S/C26H26ClF2N3O2/c27-20-13-14-23(30-17-20)26(16-18-7-2-1-3-8-18,32-25(33)31-21-10-4-5-11-21)19-9-6-12-22(15-19)34-24(28)29/h1-3,6-9,12-15,17,21,24H,4-5,10-11,16H2,(H2,31,32,33)/t26-/m1/s1. The second-order valence-corrected chi connectivity index (χ2v) is 8.85. The molecule has 2 aromatic carbocycles. The summed E-state index contributed by atoms with van der Waals surface area (Å²) in [6, 6.07) is 19.2. The highest BCUT2D eigenvalue weighted by Crippen LogP contribution is 2.35. The summed E-state index contributed by atoms with van der Waals surface area (Å²) in [7, 11) is 0. The van der Waals surface area contributed by atoms with Crippen molar-refractivity contribution in [3.8, 4) is 5.75 Å². The number of hydrogen-bond donors (Lipinski definition) is 2. The zero-order chi connectivity index (χ0) is 24.0. The van der Waals surface area contributed by atoms with Crippen LogP contribution in [0.2, 0.25) is 5.02 Å². The maximum atomic E-state index is 13.3. The molecule has 0 unspecified atom stereocenters. The Morgan fingerprint density at radius 2 is 1.85 bits per heavy atom. The lowest BCUT2D eigenvalue weighted by molar-refractivity contribution is -0.0499. The molecule has 2 N–H and O–H groups in total. The number of hydrogen-bond acceptors (Lipinski definition) is 3. The van der Waals surface area contributed by atoms with Crippen LogP contribution < -0.4 is 15.4 Å². The number of nitrogens with zero attached hydrogens (tertiary/aromatic N) is 1. The van der Waals surface area contributed by atoms with Gasteiger partial charge in [0.05, 0.1) is 10.7 Å². The van der Waals surface area contributed by atoms with Crippen LogP contribution in [0.4, 0.5) is 13.6 Å². The summed E-state index contributed by atoms with van der Waals surface area (Å²) in [4.78, 5) is 17.8. The number of aromatic nitrogens is 1. The number of alkyl halides is 2. The van der Waals surface area contributed by atoms with Crippen LogP contribution in [0.1, 0.15) is 42.5 Å². The van der Waals surface area contributed by atoms with Crippen molar-refractivity contribution < 1.29 is 18.3 Å². The number of benzene rings is 2. The van der Waals surface area contributed by atoms with E-state index in [-0.39, 0.29) is 17.8 Å². The van der Waals surface area contributed by atoms with Crippen LogP contribution >= 0.6 is 11.6 Å². The maximum absolute atomic E-state index is 13.3. The molecule has 1 heterocycles. The average Bonchev–Trinajstić information content (AvgIpc) is 3.32. The number of carbonyl (C=O) groups excluding carboxylic acids is 1. The number of amides is 2. The van der Waals surface area contributed by atoms with E-state index in [4.69, 9.17) is 11.6 Å². The average molecular weight is 486 g/mol. The van der Waals surface area contributed by atoms with E-state index in [0.717, 1.165) is 31.2 Å². The predicted octanol–water partition coefficient (Wildman–Crippen LogP) is 6.06. The third kappa shape index (κ3) is 5.83. The van der Waals surface area contributed by atoms with Crippen LogP contribution in [0.25, 0.3) is 0 Å². The quantitative estimate of drug-likeness (QED) is 0.407. The van der Waals surface area contributed by atoms with Gasteiger partial charge in [0.1, 0.15) is 11.3 Å². The van der Waals surface area contributed by atoms with E-state index < -0.39 is 12.2 Å². The Morgan fingerprint density at radius 3 is 2.53 bits per heavy atom. The van der Waals surface area contributed by atoms with E-state index >= 15 is 0 Å².